The third-order valence-corrected chi connectivity index (χ3v) is 5.63. The van der Waals surface area contributed by atoms with Crippen molar-refractivity contribution in [2.75, 3.05) is 12.4 Å². The van der Waals surface area contributed by atoms with E-state index < -0.39 is 5.82 Å². The maximum absolute atomic E-state index is 14.0. The van der Waals surface area contributed by atoms with Crippen LogP contribution in [0.15, 0.2) is 53.0 Å². The molecular weight excluding hydrogens is 503 g/mol. The first-order valence-corrected chi connectivity index (χ1v) is 10.4. The van der Waals surface area contributed by atoms with Gasteiger partial charge in [-0.15, -0.1) is 0 Å². The minimum atomic E-state index is -0.424. The van der Waals surface area contributed by atoms with E-state index in [2.05, 4.69) is 21.2 Å². The van der Waals surface area contributed by atoms with Gasteiger partial charge in [-0.3, -0.25) is 0 Å². The molecule has 0 unspecified atom stereocenters. The van der Waals surface area contributed by atoms with Gasteiger partial charge in [0.15, 0.2) is 11.5 Å². The zero-order valence-corrected chi connectivity index (χ0v) is 19.1. The molecule has 0 aliphatic carbocycles. The van der Waals surface area contributed by atoms with E-state index in [-0.39, 0.29) is 12.2 Å². The van der Waals surface area contributed by atoms with E-state index in [4.69, 9.17) is 44.3 Å². The van der Waals surface area contributed by atoms with Crippen LogP contribution in [0.5, 0.6) is 11.5 Å². The van der Waals surface area contributed by atoms with Crippen LogP contribution in [-0.4, -0.2) is 7.11 Å². The number of halogens is 5. The number of ether oxygens (including phenoxy) is 2. The Morgan fingerprint density at radius 3 is 2.55 bits per heavy atom. The third-order valence-electron chi connectivity index (χ3n) is 4.12. The molecule has 3 nitrogen and oxygen atoms in total. The van der Waals surface area contributed by atoms with E-state index in [1.165, 1.54) is 13.2 Å². The van der Waals surface area contributed by atoms with Gasteiger partial charge < -0.3 is 14.8 Å². The predicted octanol–water partition coefficient (Wildman–Crippen LogP) is 7.75. The first kappa shape index (κ1) is 22.0. The lowest BCUT2D eigenvalue weighted by molar-refractivity contribution is 0.278. The molecule has 0 aromatic heterocycles. The van der Waals surface area contributed by atoms with Crippen molar-refractivity contribution in [1.82, 2.24) is 0 Å². The second-order valence-corrected chi connectivity index (χ2v) is 8.18. The van der Waals surface area contributed by atoms with Gasteiger partial charge in [-0.2, -0.15) is 0 Å². The van der Waals surface area contributed by atoms with Crippen molar-refractivity contribution in [3.63, 3.8) is 0 Å². The normalized spacial score (nSPS) is 10.7. The molecule has 0 fully saturated rings. The van der Waals surface area contributed by atoms with Gasteiger partial charge in [0.2, 0.25) is 0 Å². The number of hydrogen-bond donors (Lipinski definition) is 1. The summed E-state index contributed by atoms with van der Waals surface area (Å²) in [6, 6.07) is 13.4. The predicted molar refractivity (Wildman–Crippen MR) is 120 cm³/mol. The molecule has 0 bridgehead atoms. The van der Waals surface area contributed by atoms with Crippen molar-refractivity contribution in [3.05, 3.63) is 85.0 Å². The lowest BCUT2D eigenvalue weighted by atomic mass is 10.2. The summed E-state index contributed by atoms with van der Waals surface area (Å²) in [4.78, 5) is 0. The molecule has 0 aliphatic heterocycles. The summed E-state index contributed by atoms with van der Waals surface area (Å²) in [6.07, 6.45) is 0. The smallest absolute Gasteiger partial charge is 0.175 e. The lowest BCUT2D eigenvalue weighted by Crippen LogP contribution is -2.04. The zero-order chi connectivity index (χ0) is 21.0. The average molecular weight is 520 g/mol. The highest BCUT2D eigenvalue weighted by Gasteiger charge is 2.15. The second-order valence-electron chi connectivity index (χ2n) is 6.08. The van der Waals surface area contributed by atoms with Crippen LogP contribution in [0.4, 0.5) is 10.1 Å². The molecule has 0 spiro atoms. The van der Waals surface area contributed by atoms with Crippen LogP contribution >= 0.6 is 50.7 Å². The molecule has 0 amide bonds. The highest BCUT2D eigenvalue weighted by molar-refractivity contribution is 9.10. The van der Waals surface area contributed by atoms with Crippen LogP contribution in [-0.2, 0) is 13.2 Å². The quantitative estimate of drug-likeness (QED) is 0.346. The topological polar surface area (TPSA) is 30.5 Å². The first-order chi connectivity index (χ1) is 13.9. The van der Waals surface area contributed by atoms with Gasteiger partial charge in [0.05, 0.1) is 27.3 Å². The fourth-order valence-electron chi connectivity index (χ4n) is 2.66. The molecule has 0 atom stereocenters. The number of methoxy groups -OCH3 is 1. The number of hydrogen-bond acceptors (Lipinski definition) is 3. The van der Waals surface area contributed by atoms with Crippen LogP contribution in [0.2, 0.25) is 15.1 Å². The molecule has 3 rings (SSSR count). The minimum absolute atomic E-state index is 0.0316. The summed E-state index contributed by atoms with van der Waals surface area (Å²) in [7, 11) is 1.54. The maximum Gasteiger partial charge on any atom is 0.175 e. The molecule has 0 aliphatic rings. The molecule has 0 saturated heterocycles. The second kappa shape index (κ2) is 9.90. The van der Waals surface area contributed by atoms with Gasteiger partial charge in [-0.05, 0) is 64.0 Å². The summed E-state index contributed by atoms with van der Waals surface area (Å²) in [5.74, 6) is 0.531. The molecule has 3 aromatic carbocycles. The number of benzene rings is 3. The summed E-state index contributed by atoms with van der Waals surface area (Å²) >= 11 is 21.8. The Kier molecular flexibility index (Phi) is 7.52. The van der Waals surface area contributed by atoms with Crippen LogP contribution < -0.4 is 14.8 Å². The van der Waals surface area contributed by atoms with Gasteiger partial charge in [-0.25, -0.2) is 4.39 Å². The molecule has 8 heteroatoms. The summed E-state index contributed by atoms with van der Waals surface area (Å²) in [5, 5.41) is 4.71. The standard InChI is InChI=1S/C21H16BrCl3FNO2/c1-28-20-8-12(10-27-19-9-13(23)5-6-17(19)25)7-15(22)21(20)29-11-14-16(24)3-2-4-18(14)26/h2-9,27H,10-11H2,1H3. The summed E-state index contributed by atoms with van der Waals surface area (Å²) in [6.45, 7) is 0.449. The van der Waals surface area contributed by atoms with E-state index in [1.807, 2.05) is 12.1 Å². The number of rotatable bonds is 7. The Labute approximate surface area is 191 Å². The van der Waals surface area contributed by atoms with E-state index in [0.29, 0.717) is 37.6 Å². The molecule has 0 radical (unpaired) electrons. The van der Waals surface area contributed by atoms with E-state index in [9.17, 15) is 4.39 Å². The van der Waals surface area contributed by atoms with Crippen molar-refractivity contribution in [2.24, 2.45) is 0 Å². The number of anilines is 1. The zero-order valence-electron chi connectivity index (χ0n) is 15.2. The fraction of sp³-hybridized carbons (Fsp3) is 0.143. The van der Waals surface area contributed by atoms with Gasteiger partial charge in [0, 0.05) is 17.1 Å². The molecular formula is C21H16BrCl3FNO2. The van der Waals surface area contributed by atoms with Crippen molar-refractivity contribution in [3.8, 4) is 11.5 Å². The van der Waals surface area contributed by atoms with E-state index in [0.717, 1.165) is 11.3 Å². The van der Waals surface area contributed by atoms with Crippen molar-refractivity contribution >= 4 is 56.4 Å². The minimum Gasteiger partial charge on any atom is -0.493 e. The van der Waals surface area contributed by atoms with Gasteiger partial charge in [-0.1, -0.05) is 40.9 Å². The highest BCUT2D eigenvalue weighted by Crippen LogP contribution is 2.38. The Bertz CT molecular complexity index is 1010. The van der Waals surface area contributed by atoms with Crippen LogP contribution in [0.25, 0.3) is 0 Å². The highest BCUT2D eigenvalue weighted by atomic mass is 79.9. The largest absolute Gasteiger partial charge is 0.493 e. The van der Waals surface area contributed by atoms with Crippen LogP contribution in [0.1, 0.15) is 11.1 Å². The fourth-order valence-corrected chi connectivity index (χ4v) is 3.84. The summed E-state index contributed by atoms with van der Waals surface area (Å²) in [5.41, 5.74) is 1.93. The molecule has 0 saturated carbocycles. The Hall–Kier alpha value is -1.66. The SMILES string of the molecule is COc1cc(CNc2cc(Cl)ccc2Cl)cc(Br)c1OCc1c(F)cccc1Cl. The van der Waals surface area contributed by atoms with Gasteiger partial charge >= 0.3 is 0 Å². The monoisotopic (exact) mass is 517 g/mol. The molecule has 152 valence electrons. The maximum atomic E-state index is 14.0. The average Bonchev–Trinajstić information content (AvgIpc) is 2.69. The number of nitrogens with one attached hydrogen (secondary N) is 1. The molecule has 29 heavy (non-hydrogen) atoms. The van der Waals surface area contributed by atoms with Crippen molar-refractivity contribution < 1.29 is 13.9 Å². The van der Waals surface area contributed by atoms with Gasteiger partial charge in [0.25, 0.3) is 0 Å². The Balaban J connectivity index is 1.77. The van der Waals surface area contributed by atoms with Crippen LogP contribution in [0.3, 0.4) is 0 Å². The van der Waals surface area contributed by atoms with Crippen molar-refractivity contribution in [1.29, 1.82) is 0 Å². The molecule has 0 heterocycles. The van der Waals surface area contributed by atoms with Crippen LogP contribution in [0, 0.1) is 5.82 Å². The Morgan fingerprint density at radius 1 is 1.03 bits per heavy atom. The molecule has 1 N–H and O–H groups in total. The lowest BCUT2D eigenvalue weighted by Gasteiger charge is -2.16. The Morgan fingerprint density at radius 2 is 1.83 bits per heavy atom. The third kappa shape index (κ3) is 5.48. The molecule has 3 aromatic rings. The van der Waals surface area contributed by atoms with E-state index in [1.54, 1.807) is 30.3 Å². The first-order valence-electron chi connectivity index (χ1n) is 8.50. The van der Waals surface area contributed by atoms with E-state index >= 15 is 0 Å². The van der Waals surface area contributed by atoms with Gasteiger partial charge in [0.1, 0.15) is 12.4 Å². The van der Waals surface area contributed by atoms with Crippen molar-refractivity contribution in [2.45, 2.75) is 13.2 Å². The summed E-state index contributed by atoms with van der Waals surface area (Å²) < 4.78 is 25.9.